The molecule has 0 aliphatic rings. The summed E-state index contributed by atoms with van der Waals surface area (Å²) in [5, 5.41) is 14.1. The minimum absolute atomic E-state index is 0.122. The average molecular weight is 170 g/mol. The summed E-state index contributed by atoms with van der Waals surface area (Å²) in [6, 6.07) is 0. The summed E-state index contributed by atoms with van der Waals surface area (Å²) >= 11 is 0. The van der Waals surface area contributed by atoms with E-state index in [4.69, 9.17) is 5.73 Å². The molecule has 0 amide bonds. The SMILES string of the molecule is CCCn1ncc([N+](=O)[O-])c1N. The molecule has 6 heteroatoms. The minimum Gasteiger partial charge on any atom is -0.378 e. The van der Waals surface area contributed by atoms with Crippen LogP contribution >= 0.6 is 0 Å². The standard InChI is InChI=1S/C6H10N4O2/c1-2-3-9-6(7)5(4-8-9)10(11)12/h4H,2-3,7H2,1H3. The van der Waals surface area contributed by atoms with Crippen LogP contribution in [-0.4, -0.2) is 14.7 Å². The molecule has 1 aromatic heterocycles. The number of rotatable bonds is 3. The van der Waals surface area contributed by atoms with Gasteiger partial charge in [0.15, 0.2) is 0 Å². The highest BCUT2D eigenvalue weighted by atomic mass is 16.6. The van der Waals surface area contributed by atoms with Crippen molar-refractivity contribution in [1.29, 1.82) is 0 Å². The van der Waals surface area contributed by atoms with Gasteiger partial charge in [0.25, 0.3) is 0 Å². The maximum absolute atomic E-state index is 10.3. The Balaban J connectivity index is 2.96. The zero-order valence-corrected chi connectivity index (χ0v) is 6.73. The molecule has 66 valence electrons. The summed E-state index contributed by atoms with van der Waals surface area (Å²) in [5.74, 6) is 0.127. The first kappa shape index (κ1) is 8.51. The number of aromatic nitrogens is 2. The van der Waals surface area contributed by atoms with Gasteiger partial charge >= 0.3 is 5.69 Å². The topological polar surface area (TPSA) is 87.0 Å². The van der Waals surface area contributed by atoms with Crippen molar-refractivity contribution in [3.05, 3.63) is 16.3 Å². The molecule has 0 atom stereocenters. The van der Waals surface area contributed by atoms with Crippen molar-refractivity contribution in [1.82, 2.24) is 9.78 Å². The Morgan fingerprint density at radius 2 is 2.50 bits per heavy atom. The molecule has 2 N–H and O–H groups in total. The lowest BCUT2D eigenvalue weighted by Crippen LogP contribution is -2.04. The van der Waals surface area contributed by atoms with Gasteiger partial charge in [-0.2, -0.15) is 5.10 Å². The molecule has 0 radical (unpaired) electrons. The number of hydrogen-bond acceptors (Lipinski definition) is 4. The molecule has 0 saturated carbocycles. The normalized spacial score (nSPS) is 10.1. The second-order valence-electron chi connectivity index (χ2n) is 2.40. The largest absolute Gasteiger partial charge is 0.378 e. The third kappa shape index (κ3) is 1.36. The smallest absolute Gasteiger partial charge is 0.330 e. The highest BCUT2D eigenvalue weighted by Gasteiger charge is 2.16. The summed E-state index contributed by atoms with van der Waals surface area (Å²) in [6.45, 7) is 2.56. The lowest BCUT2D eigenvalue weighted by atomic mass is 10.5. The van der Waals surface area contributed by atoms with Crippen LogP contribution in [-0.2, 0) is 6.54 Å². The van der Waals surface area contributed by atoms with Crippen molar-refractivity contribution in [3.8, 4) is 0 Å². The van der Waals surface area contributed by atoms with E-state index in [9.17, 15) is 10.1 Å². The maximum Gasteiger partial charge on any atom is 0.330 e. The summed E-state index contributed by atoms with van der Waals surface area (Å²) in [4.78, 5) is 9.78. The zero-order chi connectivity index (χ0) is 9.14. The molecule has 0 spiro atoms. The van der Waals surface area contributed by atoms with Crippen molar-refractivity contribution in [2.75, 3.05) is 5.73 Å². The fourth-order valence-electron chi connectivity index (χ4n) is 0.916. The molecule has 0 bridgehead atoms. The summed E-state index contributed by atoms with van der Waals surface area (Å²) in [6.07, 6.45) is 2.02. The molecule has 1 rings (SSSR count). The molecular weight excluding hydrogens is 160 g/mol. The van der Waals surface area contributed by atoms with Crippen LogP contribution in [0.2, 0.25) is 0 Å². The van der Waals surface area contributed by atoms with Gasteiger partial charge in [0, 0.05) is 6.54 Å². The Morgan fingerprint density at radius 3 is 2.92 bits per heavy atom. The molecule has 0 aliphatic carbocycles. The maximum atomic E-state index is 10.3. The Morgan fingerprint density at radius 1 is 1.83 bits per heavy atom. The van der Waals surface area contributed by atoms with E-state index in [-0.39, 0.29) is 11.5 Å². The molecule has 0 fully saturated rings. The van der Waals surface area contributed by atoms with Crippen LogP contribution in [0.4, 0.5) is 11.5 Å². The van der Waals surface area contributed by atoms with Crippen LogP contribution in [0.15, 0.2) is 6.20 Å². The monoisotopic (exact) mass is 170 g/mol. The van der Waals surface area contributed by atoms with E-state index in [2.05, 4.69) is 5.10 Å². The number of nitrogens with zero attached hydrogens (tertiary/aromatic N) is 3. The van der Waals surface area contributed by atoms with E-state index in [1.54, 1.807) is 0 Å². The number of nitrogen functional groups attached to an aromatic ring is 1. The fourth-order valence-corrected chi connectivity index (χ4v) is 0.916. The molecule has 1 heterocycles. The predicted molar refractivity (Wildman–Crippen MR) is 43.6 cm³/mol. The van der Waals surface area contributed by atoms with Crippen molar-refractivity contribution < 1.29 is 4.92 Å². The summed E-state index contributed by atoms with van der Waals surface area (Å²) in [5.41, 5.74) is 5.33. The lowest BCUT2D eigenvalue weighted by molar-refractivity contribution is -0.384. The highest BCUT2D eigenvalue weighted by molar-refractivity contribution is 5.51. The summed E-state index contributed by atoms with van der Waals surface area (Å²) in [7, 11) is 0. The van der Waals surface area contributed by atoms with Crippen LogP contribution in [0.3, 0.4) is 0 Å². The zero-order valence-electron chi connectivity index (χ0n) is 6.73. The molecule has 6 nitrogen and oxygen atoms in total. The van der Waals surface area contributed by atoms with Gasteiger partial charge in [-0.15, -0.1) is 0 Å². The third-order valence-electron chi connectivity index (χ3n) is 1.49. The van der Waals surface area contributed by atoms with Gasteiger partial charge in [-0.3, -0.25) is 10.1 Å². The predicted octanol–water partition coefficient (Wildman–Crippen LogP) is 0.783. The Bertz CT molecular complexity index is 294. The Kier molecular flexibility index (Phi) is 2.27. The number of anilines is 1. The van der Waals surface area contributed by atoms with E-state index in [1.165, 1.54) is 10.9 Å². The van der Waals surface area contributed by atoms with Gasteiger partial charge in [-0.05, 0) is 6.42 Å². The number of nitrogens with two attached hydrogens (primary N) is 1. The average Bonchev–Trinajstić information content (AvgIpc) is 2.34. The molecule has 0 saturated heterocycles. The van der Waals surface area contributed by atoms with Crippen LogP contribution in [0, 0.1) is 10.1 Å². The van der Waals surface area contributed by atoms with Crippen LogP contribution in [0.5, 0.6) is 0 Å². The molecule has 1 aromatic rings. The van der Waals surface area contributed by atoms with Crippen molar-refractivity contribution >= 4 is 11.5 Å². The first-order valence-corrected chi connectivity index (χ1v) is 3.62. The van der Waals surface area contributed by atoms with Crippen LogP contribution < -0.4 is 5.73 Å². The van der Waals surface area contributed by atoms with Gasteiger partial charge in [-0.25, -0.2) is 4.68 Å². The van der Waals surface area contributed by atoms with E-state index < -0.39 is 4.92 Å². The first-order chi connectivity index (χ1) is 5.66. The van der Waals surface area contributed by atoms with E-state index in [1.807, 2.05) is 6.92 Å². The van der Waals surface area contributed by atoms with Crippen molar-refractivity contribution in [3.63, 3.8) is 0 Å². The molecular formula is C6H10N4O2. The molecule has 0 unspecified atom stereocenters. The Hall–Kier alpha value is -1.59. The molecule has 0 aliphatic heterocycles. The first-order valence-electron chi connectivity index (χ1n) is 3.62. The van der Waals surface area contributed by atoms with Gasteiger partial charge in [-0.1, -0.05) is 6.92 Å². The van der Waals surface area contributed by atoms with Gasteiger partial charge < -0.3 is 5.73 Å². The Labute approximate surface area is 69.1 Å². The second-order valence-corrected chi connectivity index (χ2v) is 2.40. The van der Waals surface area contributed by atoms with Crippen LogP contribution in [0.25, 0.3) is 0 Å². The van der Waals surface area contributed by atoms with E-state index in [0.717, 1.165) is 6.42 Å². The summed E-state index contributed by atoms with van der Waals surface area (Å²) < 4.78 is 1.43. The van der Waals surface area contributed by atoms with E-state index in [0.29, 0.717) is 6.54 Å². The van der Waals surface area contributed by atoms with Gasteiger partial charge in [0.2, 0.25) is 5.82 Å². The molecule has 0 aromatic carbocycles. The van der Waals surface area contributed by atoms with Crippen molar-refractivity contribution in [2.45, 2.75) is 19.9 Å². The minimum atomic E-state index is -0.533. The fraction of sp³-hybridized carbons (Fsp3) is 0.500. The van der Waals surface area contributed by atoms with Gasteiger partial charge in [0.05, 0.1) is 4.92 Å². The highest BCUT2D eigenvalue weighted by Crippen LogP contribution is 2.19. The number of aryl methyl sites for hydroxylation is 1. The number of hydrogen-bond donors (Lipinski definition) is 1. The van der Waals surface area contributed by atoms with Crippen molar-refractivity contribution in [2.24, 2.45) is 0 Å². The van der Waals surface area contributed by atoms with Gasteiger partial charge in [0.1, 0.15) is 6.20 Å². The molecule has 12 heavy (non-hydrogen) atoms. The van der Waals surface area contributed by atoms with E-state index >= 15 is 0 Å². The quantitative estimate of drug-likeness (QED) is 0.536. The van der Waals surface area contributed by atoms with Crippen LogP contribution in [0.1, 0.15) is 13.3 Å². The second kappa shape index (κ2) is 3.21. The lowest BCUT2D eigenvalue weighted by Gasteiger charge is -1.98. The third-order valence-corrected chi connectivity index (χ3v) is 1.49. The number of nitro groups is 1.